The van der Waals surface area contributed by atoms with Crippen molar-refractivity contribution in [1.82, 2.24) is 0 Å². The van der Waals surface area contributed by atoms with E-state index in [9.17, 15) is 0 Å². The maximum atomic E-state index is 4.65. The van der Waals surface area contributed by atoms with Gasteiger partial charge in [-0.05, 0) is 18.2 Å². The van der Waals surface area contributed by atoms with Gasteiger partial charge in [-0.3, -0.25) is 4.99 Å². The number of anilines is 2. The molecule has 0 amide bonds. The third-order valence-electron chi connectivity index (χ3n) is 3.12. The first kappa shape index (κ1) is 14.1. The van der Waals surface area contributed by atoms with Crippen molar-refractivity contribution in [1.29, 1.82) is 0 Å². The fourth-order valence-electron chi connectivity index (χ4n) is 2.09. The molecule has 0 spiro atoms. The number of aliphatic imine (C=N–C) groups is 1. The lowest BCUT2D eigenvalue weighted by atomic mass is 10.2. The highest BCUT2D eigenvalue weighted by Gasteiger charge is 2.03. The normalized spacial score (nSPS) is 10.8. The summed E-state index contributed by atoms with van der Waals surface area (Å²) in [6.07, 6.45) is 1.93. The van der Waals surface area contributed by atoms with Gasteiger partial charge in [0.2, 0.25) is 0 Å². The van der Waals surface area contributed by atoms with Crippen LogP contribution < -0.4 is 9.80 Å². The number of hydrogen-bond donors (Lipinski definition) is 0. The van der Waals surface area contributed by atoms with Crippen LogP contribution in [0.4, 0.5) is 17.1 Å². The molecule has 3 heteroatoms. The fraction of sp³-hybridized carbons (Fsp3) is 0.235. The van der Waals surface area contributed by atoms with Crippen molar-refractivity contribution in [2.45, 2.75) is 0 Å². The summed E-state index contributed by atoms with van der Waals surface area (Å²) in [6, 6.07) is 16.4. The lowest BCUT2D eigenvalue weighted by Gasteiger charge is -2.16. The van der Waals surface area contributed by atoms with Gasteiger partial charge < -0.3 is 9.80 Å². The van der Waals surface area contributed by atoms with Gasteiger partial charge in [0.25, 0.3) is 0 Å². The van der Waals surface area contributed by atoms with Crippen LogP contribution in [0.5, 0.6) is 0 Å². The zero-order chi connectivity index (χ0) is 14.5. The topological polar surface area (TPSA) is 18.8 Å². The molecule has 2 aromatic carbocycles. The van der Waals surface area contributed by atoms with E-state index in [1.54, 1.807) is 0 Å². The Kier molecular flexibility index (Phi) is 4.41. The molecule has 0 heterocycles. The fourth-order valence-corrected chi connectivity index (χ4v) is 2.09. The minimum absolute atomic E-state index is 0.978. The second-order valence-corrected chi connectivity index (χ2v) is 5.09. The number of rotatable bonds is 4. The van der Waals surface area contributed by atoms with E-state index in [0.717, 1.165) is 16.9 Å². The van der Waals surface area contributed by atoms with Gasteiger partial charge in [0.1, 0.15) is 0 Å². The highest BCUT2D eigenvalue weighted by molar-refractivity contribution is 5.90. The lowest BCUT2D eigenvalue weighted by Crippen LogP contribution is -2.11. The molecular weight excluding hydrogens is 246 g/mol. The highest BCUT2D eigenvalue weighted by atomic mass is 15.1. The van der Waals surface area contributed by atoms with E-state index in [2.05, 4.69) is 33.0 Å². The van der Waals surface area contributed by atoms with Crippen LogP contribution in [0, 0.1) is 0 Å². The van der Waals surface area contributed by atoms with Gasteiger partial charge in [-0.15, -0.1) is 0 Å². The summed E-state index contributed by atoms with van der Waals surface area (Å²) in [7, 11) is 8.14. The molecule has 0 unspecified atom stereocenters. The summed E-state index contributed by atoms with van der Waals surface area (Å²) in [5, 5.41) is 0. The average Bonchev–Trinajstić information content (AvgIpc) is 2.45. The van der Waals surface area contributed by atoms with Crippen molar-refractivity contribution < 1.29 is 0 Å². The molecule has 0 fully saturated rings. The number of nitrogens with zero attached hydrogens (tertiary/aromatic N) is 3. The van der Waals surface area contributed by atoms with Crippen molar-refractivity contribution in [3.8, 4) is 0 Å². The van der Waals surface area contributed by atoms with E-state index < -0.39 is 0 Å². The Hall–Kier alpha value is -2.29. The van der Waals surface area contributed by atoms with E-state index in [0.29, 0.717) is 0 Å². The molecule has 0 radical (unpaired) electrons. The van der Waals surface area contributed by atoms with Crippen molar-refractivity contribution in [2.24, 2.45) is 4.99 Å². The number of hydrogen-bond acceptors (Lipinski definition) is 3. The first-order valence-electron chi connectivity index (χ1n) is 6.66. The maximum Gasteiger partial charge on any atom is 0.0863 e. The maximum absolute atomic E-state index is 4.65. The van der Waals surface area contributed by atoms with Gasteiger partial charge in [0.05, 0.1) is 11.4 Å². The van der Waals surface area contributed by atoms with Crippen molar-refractivity contribution in [3.05, 3.63) is 54.1 Å². The molecule has 0 saturated carbocycles. The van der Waals surface area contributed by atoms with Crippen LogP contribution in [-0.4, -0.2) is 34.4 Å². The summed E-state index contributed by atoms with van der Waals surface area (Å²) >= 11 is 0. The molecule has 3 nitrogen and oxygen atoms in total. The van der Waals surface area contributed by atoms with Crippen molar-refractivity contribution >= 4 is 23.3 Å². The average molecular weight is 267 g/mol. The monoisotopic (exact) mass is 267 g/mol. The molecule has 2 aromatic rings. The minimum atomic E-state index is 0.978. The predicted molar refractivity (Wildman–Crippen MR) is 88.8 cm³/mol. The molecule has 0 aliphatic carbocycles. The zero-order valence-corrected chi connectivity index (χ0v) is 12.5. The number of benzene rings is 2. The molecule has 0 saturated heterocycles. The van der Waals surface area contributed by atoms with Crippen LogP contribution in [0.2, 0.25) is 0 Å². The predicted octanol–water partition coefficient (Wildman–Crippen LogP) is 3.57. The highest BCUT2D eigenvalue weighted by Crippen LogP contribution is 2.27. The second kappa shape index (κ2) is 6.24. The van der Waals surface area contributed by atoms with Gasteiger partial charge in [0, 0.05) is 45.7 Å². The Balaban J connectivity index is 2.35. The van der Waals surface area contributed by atoms with Crippen molar-refractivity contribution in [2.75, 3.05) is 38.0 Å². The first-order valence-corrected chi connectivity index (χ1v) is 6.66. The Labute approximate surface area is 121 Å². The smallest absolute Gasteiger partial charge is 0.0863 e. The summed E-state index contributed by atoms with van der Waals surface area (Å²) < 4.78 is 0. The Morgan fingerprint density at radius 2 is 1.30 bits per heavy atom. The first-order chi connectivity index (χ1) is 9.59. The molecule has 0 aliphatic heterocycles. The van der Waals surface area contributed by atoms with Crippen molar-refractivity contribution in [3.63, 3.8) is 0 Å². The standard InChI is InChI=1S/C17H21N3/c1-19(2)16-11-7-5-9-14(16)13-18-15-10-6-8-12-17(15)20(3)4/h5-13H,1-4H3. The van der Waals surface area contributed by atoms with E-state index in [4.69, 9.17) is 0 Å². The Morgan fingerprint density at radius 3 is 1.95 bits per heavy atom. The molecule has 0 aromatic heterocycles. The molecule has 0 atom stereocenters. The summed E-state index contributed by atoms with van der Waals surface area (Å²) in [6.45, 7) is 0. The molecule has 20 heavy (non-hydrogen) atoms. The third kappa shape index (κ3) is 3.18. The lowest BCUT2D eigenvalue weighted by molar-refractivity contribution is 1.12. The second-order valence-electron chi connectivity index (χ2n) is 5.09. The van der Waals surface area contributed by atoms with Crippen LogP contribution in [-0.2, 0) is 0 Å². The van der Waals surface area contributed by atoms with Crippen LogP contribution in [0.1, 0.15) is 5.56 Å². The van der Waals surface area contributed by atoms with Gasteiger partial charge in [-0.1, -0.05) is 30.3 Å². The molecule has 2 rings (SSSR count). The Morgan fingerprint density at radius 1 is 0.750 bits per heavy atom. The van der Waals surface area contributed by atoms with Crippen LogP contribution in [0.25, 0.3) is 0 Å². The third-order valence-corrected chi connectivity index (χ3v) is 3.12. The van der Waals surface area contributed by atoms with E-state index in [1.807, 2.05) is 64.7 Å². The van der Waals surface area contributed by atoms with Gasteiger partial charge in [0.15, 0.2) is 0 Å². The molecule has 0 N–H and O–H groups in total. The summed E-state index contributed by atoms with van der Waals surface area (Å²) in [5.41, 5.74) is 4.38. The molecule has 0 bridgehead atoms. The van der Waals surface area contributed by atoms with Crippen LogP contribution in [0.15, 0.2) is 53.5 Å². The van der Waals surface area contributed by atoms with E-state index in [-0.39, 0.29) is 0 Å². The number of para-hydroxylation sites is 3. The zero-order valence-electron chi connectivity index (χ0n) is 12.5. The van der Waals surface area contributed by atoms with Gasteiger partial charge in [-0.2, -0.15) is 0 Å². The molecule has 104 valence electrons. The largest absolute Gasteiger partial charge is 0.377 e. The quantitative estimate of drug-likeness (QED) is 0.789. The SMILES string of the molecule is CN(C)c1ccccc1C=Nc1ccccc1N(C)C. The summed E-state index contributed by atoms with van der Waals surface area (Å²) in [4.78, 5) is 8.82. The van der Waals surface area contributed by atoms with Gasteiger partial charge >= 0.3 is 0 Å². The Bertz CT molecular complexity index is 547. The van der Waals surface area contributed by atoms with E-state index >= 15 is 0 Å². The summed E-state index contributed by atoms with van der Waals surface area (Å²) in [5.74, 6) is 0. The van der Waals surface area contributed by atoms with Crippen LogP contribution in [0.3, 0.4) is 0 Å². The van der Waals surface area contributed by atoms with Crippen LogP contribution >= 0.6 is 0 Å². The van der Waals surface area contributed by atoms with E-state index in [1.165, 1.54) is 5.69 Å². The molecular formula is C17H21N3. The molecule has 0 aliphatic rings. The van der Waals surface area contributed by atoms with Gasteiger partial charge in [-0.25, -0.2) is 0 Å². The minimum Gasteiger partial charge on any atom is -0.377 e.